The maximum absolute atomic E-state index is 12.0. The summed E-state index contributed by atoms with van der Waals surface area (Å²) < 4.78 is 0. The summed E-state index contributed by atoms with van der Waals surface area (Å²) in [4.78, 5) is 13.8. The zero-order chi connectivity index (χ0) is 11.1. The van der Waals surface area contributed by atoms with Crippen LogP contribution in [0.15, 0.2) is 25.3 Å². The summed E-state index contributed by atoms with van der Waals surface area (Å²) in [6.07, 6.45) is 6.77. The van der Waals surface area contributed by atoms with Crippen molar-refractivity contribution in [1.82, 2.24) is 10.2 Å². The molecule has 0 bridgehead atoms. The molecule has 15 heavy (non-hydrogen) atoms. The molecule has 1 N–H and O–H groups in total. The van der Waals surface area contributed by atoms with Gasteiger partial charge in [-0.3, -0.25) is 4.79 Å². The SMILES string of the molecule is C=CCN(CC=C)C(=O)[C@H]1CCCCN1. The maximum atomic E-state index is 12.0. The fourth-order valence-electron chi connectivity index (χ4n) is 1.85. The number of amides is 1. The number of nitrogens with zero attached hydrogens (tertiary/aromatic N) is 1. The van der Waals surface area contributed by atoms with Gasteiger partial charge in [0.2, 0.25) is 5.91 Å². The molecule has 1 aliphatic heterocycles. The van der Waals surface area contributed by atoms with Crippen LogP contribution in [-0.4, -0.2) is 36.5 Å². The first-order valence-corrected chi connectivity index (χ1v) is 5.53. The van der Waals surface area contributed by atoms with Crippen LogP contribution in [0.25, 0.3) is 0 Å². The number of hydrogen-bond acceptors (Lipinski definition) is 2. The summed E-state index contributed by atoms with van der Waals surface area (Å²) in [6, 6.07) is -0.00125. The predicted molar refractivity (Wildman–Crippen MR) is 62.6 cm³/mol. The average Bonchev–Trinajstić information content (AvgIpc) is 2.29. The van der Waals surface area contributed by atoms with Gasteiger partial charge in [-0.1, -0.05) is 18.6 Å². The van der Waals surface area contributed by atoms with Gasteiger partial charge in [-0.25, -0.2) is 0 Å². The summed E-state index contributed by atoms with van der Waals surface area (Å²) in [5.74, 6) is 0.175. The van der Waals surface area contributed by atoms with E-state index in [0.29, 0.717) is 13.1 Å². The second kappa shape index (κ2) is 6.40. The monoisotopic (exact) mass is 208 g/mol. The number of rotatable bonds is 5. The van der Waals surface area contributed by atoms with Gasteiger partial charge in [0, 0.05) is 13.1 Å². The van der Waals surface area contributed by atoms with Gasteiger partial charge in [-0.15, -0.1) is 13.2 Å². The van der Waals surface area contributed by atoms with E-state index in [0.717, 1.165) is 19.4 Å². The van der Waals surface area contributed by atoms with Gasteiger partial charge >= 0.3 is 0 Å². The average molecular weight is 208 g/mol. The Hall–Kier alpha value is -1.09. The number of nitrogens with one attached hydrogen (secondary N) is 1. The number of carbonyl (C=O) groups excluding carboxylic acids is 1. The summed E-state index contributed by atoms with van der Waals surface area (Å²) in [5, 5.41) is 3.26. The molecule has 3 heteroatoms. The van der Waals surface area contributed by atoms with Crippen LogP contribution in [0.4, 0.5) is 0 Å². The van der Waals surface area contributed by atoms with Crippen LogP contribution >= 0.6 is 0 Å². The van der Waals surface area contributed by atoms with E-state index in [-0.39, 0.29) is 11.9 Å². The molecule has 1 atom stereocenters. The Kier molecular flexibility index (Phi) is 5.12. The highest BCUT2D eigenvalue weighted by Crippen LogP contribution is 2.09. The van der Waals surface area contributed by atoms with E-state index >= 15 is 0 Å². The van der Waals surface area contributed by atoms with Crippen molar-refractivity contribution in [1.29, 1.82) is 0 Å². The van der Waals surface area contributed by atoms with E-state index in [4.69, 9.17) is 0 Å². The van der Waals surface area contributed by atoms with Crippen molar-refractivity contribution >= 4 is 5.91 Å². The summed E-state index contributed by atoms with van der Waals surface area (Å²) in [6.45, 7) is 9.47. The lowest BCUT2D eigenvalue weighted by Gasteiger charge is -2.28. The van der Waals surface area contributed by atoms with Gasteiger partial charge in [-0.2, -0.15) is 0 Å². The van der Waals surface area contributed by atoms with Gasteiger partial charge in [0.15, 0.2) is 0 Å². The van der Waals surface area contributed by atoms with E-state index in [1.165, 1.54) is 6.42 Å². The normalized spacial score (nSPS) is 20.7. The van der Waals surface area contributed by atoms with Gasteiger partial charge in [-0.05, 0) is 19.4 Å². The molecule has 1 amide bonds. The van der Waals surface area contributed by atoms with Crippen LogP contribution in [0.5, 0.6) is 0 Å². The fourth-order valence-corrected chi connectivity index (χ4v) is 1.85. The molecule has 0 spiro atoms. The van der Waals surface area contributed by atoms with Crippen molar-refractivity contribution < 1.29 is 4.79 Å². The maximum Gasteiger partial charge on any atom is 0.240 e. The standard InChI is InChI=1S/C12H20N2O/c1-3-9-14(10-4-2)12(15)11-7-5-6-8-13-11/h3-4,11,13H,1-2,5-10H2/t11-/m1/s1. The Bertz CT molecular complexity index is 222. The van der Waals surface area contributed by atoms with Gasteiger partial charge in [0.25, 0.3) is 0 Å². The Balaban J connectivity index is 2.52. The molecule has 1 rings (SSSR count). The largest absolute Gasteiger partial charge is 0.334 e. The third-order valence-electron chi connectivity index (χ3n) is 2.62. The molecule has 0 aromatic heterocycles. The van der Waals surface area contributed by atoms with Crippen LogP contribution in [0.1, 0.15) is 19.3 Å². The lowest BCUT2D eigenvalue weighted by molar-refractivity contribution is -0.133. The first kappa shape index (κ1) is 12.0. The first-order valence-electron chi connectivity index (χ1n) is 5.53. The van der Waals surface area contributed by atoms with Gasteiger partial charge in [0.05, 0.1) is 6.04 Å². The first-order chi connectivity index (χ1) is 7.29. The highest BCUT2D eigenvalue weighted by molar-refractivity contribution is 5.82. The molecule has 0 aromatic rings. The summed E-state index contributed by atoms with van der Waals surface area (Å²) in [5.41, 5.74) is 0. The molecular weight excluding hydrogens is 188 g/mol. The molecule has 84 valence electrons. The van der Waals surface area contributed by atoms with Gasteiger partial charge in [0.1, 0.15) is 0 Å². The topological polar surface area (TPSA) is 32.3 Å². The molecule has 0 saturated carbocycles. The molecule has 1 saturated heterocycles. The zero-order valence-electron chi connectivity index (χ0n) is 9.24. The number of carbonyl (C=O) groups is 1. The summed E-state index contributed by atoms with van der Waals surface area (Å²) >= 11 is 0. The van der Waals surface area contributed by atoms with Crippen molar-refractivity contribution in [3.05, 3.63) is 25.3 Å². The smallest absolute Gasteiger partial charge is 0.240 e. The molecule has 0 radical (unpaired) electrons. The van der Waals surface area contributed by atoms with E-state index in [1.807, 2.05) is 0 Å². The second-order valence-electron chi connectivity index (χ2n) is 3.82. The highest BCUT2D eigenvalue weighted by Gasteiger charge is 2.24. The van der Waals surface area contributed by atoms with Crippen LogP contribution in [0.3, 0.4) is 0 Å². The minimum Gasteiger partial charge on any atom is -0.334 e. The van der Waals surface area contributed by atoms with Gasteiger partial charge < -0.3 is 10.2 Å². The van der Waals surface area contributed by atoms with Crippen LogP contribution in [0, 0.1) is 0 Å². The molecule has 3 nitrogen and oxygen atoms in total. The van der Waals surface area contributed by atoms with E-state index < -0.39 is 0 Å². The van der Waals surface area contributed by atoms with Crippen LogP contribution in [0.2, 0.25) is 0 Å². The molecule has 1 fully saturated rings. The van der Waals surface area contributed by atoms with Crippen molar-refractivity contribution in [2.45, 2.75) is 25.3 Å². The Labute approximate surface area is 91.8 Å². The highest BCUT2D eigenvalue weighted by atomic mass is 16.2. The minimum atomic E-state index is -0.00125. The van der Waals surface area contributed by atoms with Crippen LogP contribution < -0.4 is 5.32 Å². The van der Waals surface area contributed by atoms with Crippen molar-refractivity contribution in [2.75, 3.05) is 19.6 Å². The molecule has 1 heterocycles. The van der Waals surface area contributed by atoms with Crippen LogP contribution in [-0.2, 0) is 4.79 Å². The lowest BCUT2D eigenvalue weighted by atomic mass is 10.0. The molecular formula is C12H20N2O. The molecule has 0 aliphatic carbocycles. The predicted octanol–water partition coefficient (Wildman–Crippen LogP) is 1.33. The Morgan fingerprint density at radius 1 is 1.33 bits per heavy atom. The van der Waals surface area contributed by atoms with E-state index in [1.54, 1.807) is 17.1 Å². The molecule has 0 aromatic carbocycles. The lowest BCUT2D eigenvalue weighted by Crippen LogP contribution is -2.48. The third-order valence-corrected chi connectivity index (χ3v) is 2.62. The number of piperidine rings is 1. The van der Waals surface area contributed by atoms with E-state index in [9.17, 15) is 4.79 Å². The fraction of sp³-hybridized carbons (Fsp3) is 0.583. The second-order valence-corrected chi connectivity index (χ2v) is 3.82. The number of hydrogen-bond donors (Lipinski definition) is 1. The van der Waals surface area contributed by atoms with Crippen molar-refractivity contribution in [2.24, 2.45) is 0 Å². The van der Waals surface area contributed by atoms with Crippen molar-refractivity contribution in [3.8, 4) is 0 Å². The zero-order valence-corrected chi connectivity index (χ0v) is 9.24. The minimum absolute atomic E-state index is 0.00125. The van der Waals surface area contributed by atoms with Crippen molar-refractivity contribution in [3.63, 3.8) is 0 Å². The molecule has 1 aliphatic rings. The summed E-state index contributed by atoms with van der Waals surface area (Å²) in [7, 11) is 0. The quantitative estimate of drug-likeness (QED) is 0.691. The third kappa shape index (κ3) is 3.51. The Morgan fingerprint density at radius 3 is 2.47 bits per heavy atom. The van der Waals surface area contributed by atoms with E-state index in [2.05, 4.69) is 18.5 Å². The Morgan fingerprint density at radius 2 is 2.00 bits per heavy atom. The molecule has 0 unspecified atom stereocenters.